The molecule has 0 N–H and O–H groups in total. The Morgan fingerprint density at radius 2 is 1.78 bits per heavy atom. The smallest absolute Gasteiger partial charge is 0.266 e. The van der Waals surface area contributed by atoms with Gasteiger partial charge >= 0.3 is 0 Å². The normalized spacial score (nSPS) is 14.5. The fourth-order valence-corrected chi connectivity index (χ4v) is 5.58. The zero-order chi connectivity index (χ0) is 18.9. The number of sulfonamides is 1. The van der Waals surface area contributed by atoms with Crippen molar-refractivity contribution >= 4 is 27.5 Å². The maximum absolute atomic E-state index is 12.9. The third-order valence-electron chi connectivity index (χ3n) is 4.48. The molecule has 1 aliphatic heterocycles. The summed E-state index contributed by atoms with van der Waals surface area (Å²) >= 11 is 1.54. The SMILES string of the molecule is CCN1c2ccccc2-c2nc(SCCc3ccccc3)ncc2S1(=O)=O. The Bertz CT molecular complexity index is 1070. The van der Waals surface area contributed by atoms with E-state index in [1.165, 1.54) is 27.8 Å². The number of nitrogens with zero attached hydrogens (tertiary/aromatic N) is 3. The van der Waals surface area contributed by atoms with E-state index >= 15 is 0 Å². The Morgan fingerprint density at radius 3 is 2.56 bits per heavy atom. The molecular weight excluding hydrogens is 378 g/mol. The summed E-state index contributed by atoms with van der Waals surface area (Å²) in [6.45, 7) is 2.19. The standard InChI is InChI=1S/C20H19N3O2S2/c1-2-23-17-11-7-6-10-16(17)19-18(27(23,24)25)14-21-20(22-19)26-13-12-15-8-4-3-5-9-15/h3-11,14H,2,12-13H2,1H3. The fraction of sp³-hybridized carbons (Fsp3) is 0.200. The van der Waals surface area contributed by atoms with Gasteiger partial charge in [-0.15, -0.1) is 0 Å². The molecule has 0 saturated carbocycles. The minimum atomic E-state index is -3.63. The quantitative estimate of drug-likeness (QED) is 0.481. The molecule has 2 aromatic carbocycles. The maximum Gasteiger partial charge on any atom is 0.268 e. The molecule has 1 aromatic heterocycles. The van der Waals surface area contributed by atoms with Crippen molar-refractivity contribution in [1.82, 2.24) is 9.97 Å². The van der Waals surface area contributed by atoms with Crippen molar-refractivity contribution < 1.29 is 8.42 Å². The molecule has 0 aliphatic carbocycles. The zero-order valence-corrected chi connectivity index (χ0v) is 16.5. The highest BCUT2D eigenvalue weighted by Gasteiger charge is 2.35. The number of anilines is 1. The van der Waals surface area contributed by atoms with Crippen molar-refractivity contribution in [2.75, 3.05) is 16.6 Å². The maximum atomic E-state index is 12.9. The minimum Gasteiger partial charge on any atom is -0.266 e. The van der Waals surface area contributed by atoms with Crippen molar-refractivity contribution in [3.05, 3.63) is 66.4 Å². The predicted molar refractivity (Wildman–Crippen MR) is 109 cm³/mol. The van der Waals surface area contributed by atoms with Gasteiger partial charge in [0, 0.05) is 17.9 Å². The summed E-state index contributed by atoms with van der Waals surface area (Å²) in [5.41, 5.74) is 3.25. The van der Waals surface area contributed by atoms with E-state index in [4.69, 9.17) is 0 Å². The summed E-state index contributed by atoms with van der Waals surface area (Å²) in [5.74, 6) is 0.832. The molecule has 0 atom stereocenters. The number of hydrogen-bond donors (Lipinski definition) is 0. The van der Waals surface area contributed by atoms with Gasteiger partial charge in [-0.2, -0.15) is 0 Å². The van der Waals surface area contributed by atoms with Crippen LogP contribution in [0.15, 0.2) is 70.8 Å². The predicted octanol–water partition coefficient (Wildman–Crippen LogP) is 4.01. The lowest BCUT2D eigenvalue weighted by Gasteiger charge is -2.30. The molecule has 0 spiro atoms. The first kappa shape index (κ1) is 18.0. The highest BCUT2D eigenvalue weighted by atomic mass is 32.2. The number of aryl methyl sites for hydroxylation is 1. The lowest BCUT2D eigenvalue weighted by atomic mass is 10.1. The van der Waals surface area contributed by atoms with Crippen molar-refractivity contribution in [2.45, 2.75) is 23.4 Å². The Kier molecular flexibility index (Phi) is 4.88. The molecule has 0 fully saturated rings. The average Bonchev–Trinajstić information content (AvgIpc) is 2.69. The number of aromatic nitrogens is 2. The summed E-state index contributed by atoms with van der Waals surface area (Å²) in [5, 5.41) is 0.597. The van der Waals surface area contributed by atoms with Gasteiger partial charge in [0.1, 0.15) is 4.90 Å². The second kappa shape index (κ2) is 7.32. The number of benzene rings is 2. The lowest BCUT2D eigenvalue weighted by Crippen LogP contribution is -2.34. The summed E-state index contributed by atoms with van der Waals surface area (Å²) in [4.78, 5) is 9.08. The van der Waals surface area contributed by atoms with Crippen LogP contribution in [0.1, 0.15) is 12.5 Å². The summed E-state index contributed by atoms with van der Waals surface area (Å²) in [7, 11) is -3.63. The third kappa shape index (κ3) is 3.33. The Labute approximate surface area is 163 Å². The fourth-order valence-electron chi connectivity index (χ4n) is 3.19. The zero-order valence-electron chi connectivity index (χ0n) is 14.9. The van der Waals surface area contributed by atoms with Gasteiger partial charge in [-0.1, -0.05) is 60.3 Å². The molecule has 3 aromatic rings. The van der Waals surface area contributed by atoms with Crippen LogP contribution in [-0.4, -0.2) is 30.7 Å². The largest absolute Gasteiger partial charge is 0.268 e. The monoisotopic (exact) mass is 397 g/mol. The Hall–Kier alpha value is -2.38. The van der Waals surface area contributed by atoms with E-state index in [-0.39, 0.29) is 4.90 Å². The second-order valence-corrected chi connectivity index (χ2v) is 9.03. The van der Waals surface area contributed by atoms with Gasteiger partial charge in [-0.05, 0) is 25.0 Å². The third-order valence-corrected chi connectivity index (χ3v) is 7.23. The first-order chi connectivity index (χ1) is 13.1. The van der Waals surface area contributed by atoms with Gasteiger partial charge in [0.2, 0.25) is 0 Å². The number of fused-ring (bicyclic) bond motifs is 3. The first-order valence-electron chi connectivity index (χ1n) is 8.77. The van der Waals surface area contributed by atoms with Crippen molar-refractivity contribution in [2.24, 2.45) is 0 Å². The van der Waals surface area contributed by atoms with Gasteiger partial charge in [0.15, 0.2) is 5.16 Å². The van der Waals surface area contributed by atoms with Gasteiger partial charge in [0.25, 0.3) is 10.0 Å². The highest BCUT2D eigenvalue weighted by Crippen LogP contribution is 2.41. The van der Waals surface area contributed by atoms with Crippen molar-refractivity contribution in [3.63, 3.8) is 0 Å². The van der Waals surface area contributed by atoms with E-state index in [9.17, 15) is 8.42 Å². The van der Waals surface area contributed by atoms with E-state index in [1.54, 1.807) is 0 Å². The first-order valence-corrected chi connectivity index (χ1v) is 11.2. The van der Waals surface area contributed by atoms with Gasteiger partial charge in [-0.3, -0.25) is 4.31 Å². The van der Waals surface area contributed by atoms with Crippen molar-refractivity contribution in [3.8, 4) is 11.3 Å². The molecule has 138 valence electrons. The topological polar surface area (TPSA) is 63.2 Å². The lowest BCUT2D eigenvalue weighted by molar-refractivity contribution is 0.589. The molecule has 1 aliphatic rings. The second-order valence-electron chi connectivity index (χ2n) is 6.14. The summed E-state index contributed by atoms with van der Waals surface area (Å²) in [6.07, 6.45) is 2.35. The van der Waals surface area contributed by atoms with Crippen LogP contribution in [0.3, 0.4) is 0 Å². The molecular formula is C20H19N3O2S2. The summed E-state index contributed by atoms with van der Waals surface area (Å²) in [6, 6.07) is 17.7. The van der Waals surface area contributed by atoms with E-state index < -0.39 is 10.0 Å². The molecule has 27 heavy (non-hydrogen) atoms. The molecule has 0 radical (unpaired) electrons. The van der Waals surface area contributed by atoms with Crippen molar-refractivity contribution in [1.29, 1.82) is 0 Å². The molecule has 5 nitrogen and oxygen atoms in total. The van der Waals surface area contributed by atoms with Crippen LogP contribution in [-0.2, 0) is 16.4 Å². The van der Waals surface area contributed by atoms with E-state index in [1.807, 2.05) is 49.4 Å². The molecule has 7 heteroatoms. The number of thioether (sulfide) groups is 1. The van der Waals surface area contributed by atoms with Crippen LogP contribution in [0, 0.1) is 0 Å². The molecule has 0 bridgehead atoms. The highest BCUT2D eigenvalue weighted by molar-refractivity contribution is 7.99. The van der Waals surface area contributed by atoms with Gasteiger partial charge < -0.3 is 0 Å². The molecule has 0 amide bonds. The molecule has 4 rings (SSSR count). The number of hydrogen-bond acceptors (Lipinski definition) is 5. The van der Waals surface area contributed by atoms with Crippen LogP contribution in [0.2, 0.25) is 0 Å². The van der Waals surface area contributed by atoms with E-state index in [0.29, 0.717) is 23.1 Å². The van der Waals surface area contributed by atoms with Crippen LogP contribution < -0.4 is 4.31 Å². The molecule has 0 unspecified atom stereocenters. The van der Waals surface area contributed by atoms with Crippen LogP contribution in [0.5, 0.6) is 0 Å². The average molecular weight is 398 g/mol. The molecule has 2 heterocycles. The van der Waals surface area contributed by atoms with Crippen LogP contribution in [0.4, 0.5) is 5.69 Å². The number of rotatable bonds is 5. The van der Waals surface area contributed by atoms with Crippen LogP contribution in [0.25, 0.3) is 11.3 Å². The van der Waals surface area contributed by atoms with Crippen LogP contribution >= 0.6 is 11.8 Å². The number of para-hydroxylation sites is 1. The van der Waals surface area contributed by atoms with E-state index in [2.05, 4.69) is 22.1 Å². The van der Waals surface area contributed by atoms with E-state index in [0.717, 1.165) is 17.7 Å². The Morgan fingerprint density at radius 1 is 1.04 bits per heavy atom. The Balaban J connectivity index is 1.65. The van der Waals surface area contributed by atoms with Gasteiger partial charge in [-0.25, -0.2) is 18.4 Å². The molecule has 0 saturated heterocycles. The van der Waals surface area contributed by atoms with Gasteiger partial charge in [0.05, 0.1) is 17.6 Å². The minimum absolute atomic E-state index is 0.176. The summed E-state index contributed by atoms with van der Waals surface area (Å²) < 4.78 is 27.3.